The summed E-state index contributed by atoms with van der Waals surface area (Å²) in [6.45, 7) is 10.6. The molecule has 8 rings (SSSR count). The molecule has 2 aliphatic heterocycles. The molecule has 59 heavy (non-hydrogen) atoms. The summed E-state index contributed by atoms with van der Waals surface area (Å²) in [5.41, 5.74) is -0.296. The van der Waals surface area contributed by atoms with Crippen molar-refractivity contribution in [3.8, 4) is 11.5 Å². The lowest BCUT2D eigenvalue weighted by Gasteiger charge is -2.62. The molecule has 0 spiro atoms. The maximum absolute atomic E-state index is 14.5. The first-order valence-electron chi connectivity index (χ1n) is 20.8. The molecule has 2 heterocycles. The minimum absolute atomic E-state index is 0.0349. The second-order valence-corrected chi connectivity index (χ2v) is 18.0. The molecule has 4 aliphatic rings. The molecule has 7 atom stereocenters. The molecule has 2 aliphatic carbocycles. The lowest BCUT2D eigenvalue weighted by atomic mass is 9.44. The van der Waals surface area contributed by atoms with Gasteiger partial charge in [-0.15, -0.1) is 0 Å². The molecule has 3 fully saturated rings. The van der Waals surface area contributed by atoms with Gasteiger partial charge < -0.3 is 28.4 Å². The van der Waals surface area contributed by atoms with Crippen molar-refractivity contribution in [2.24, 2.45) is 22.7 Å². The first kappa shape index (κ1) is 40.8. The van der Waals surface area contributed by atoms with E-state index >= 15 is 0 Å². The molecule has 310 valence electrons. The van der Waals surface area contributed by atoms with Gasteiger partial charge in [-0.3, -0.25) is 0 Å². The normalized spacial score (nSPS) is 29.1. The Morgan fingerprint density at radius 2 is 1.42 bits per heavy atom. The van der Waals surface area contributed by atoms with Crippen molar-refractivity contribution in [2.45, 2.75) is 95.7 Å². The Hall–Kier alpha value is -4.99. The van der Waals surface area contributed by atoms with Crippen molar-refractivity contribution >= 4 is 11.9 Å². The number of fused-ring (bicyclic) bond motifs is 3. The number of benzene rings is 4. The van der Waals surface area contributed by atoms with E-state index in [1.165, 1.54) is 25.3 Å². The Labute approximate surface area is 347 Å². The Morgan fingerprint density at radius 1 is 0.814 bits per heavy atom. The van der Waals surface area contributed by atoms with Gasteiger partial charge in [0.25, 0.3) is 0 Å². The molecular weight excluding hydrogens is 748 g/mol. The quantitative estimate of drug-likeness (QED) is 0.103. The third-order valence-corrected chi connectivity index (χ3v) is 14.1. The SMILES string of the molecule is COc1cc(F)ccc1OC(C)(C)C(=O)O[C@@H]1CC[C@@]2(C)C3CC(C4=CCOC4=O)O[C@]3(C)CC[C@@H]2[C@]1(C)COC(c1ccccc1)(c1ccccc1)c1ccccc1. The predicted molar refractivity (Wildman–Crippen MR) is 221 cm³/mol. The summed E-state index contributed by atoms with van der Waals surface area (Å²) in [5.74, 6) is -0.739. The number of hydrogen-bond donors (Lipinski definition) is 0. The minimum atomic E-state index is -1.45. The van der Waals surface area contributed by atoms with Gasteiger partial charge in [-0.1, -0.05) is 105 Å². The first-order valence-corrected chi connectivity index (χ1v) is 20.8. The highest BCUT2D eigenvalue weighted by atomic mass is 19.1. The molecular formula is C50H55FO8. The lowest BCUT2D eigenvalue weighted by Crippen LogP contribution is -2.63. The van der Waals surface area contributed by atoms with Crippen LogP contribution in [0.5, 0.6) is 11.5 Å². The summed E-state index contributed by atoms with van der Waals surface area (Å²) < 4.78 is 52.3. The number of halogens is 1. The fourth-order valence-corrected chi connectivity index (χ4v) is 11.1. The van der Waals surface area contributed by atoms with Crippen molar-refractivity contribution in [3.63, 3.8) is 0 Å². The Morgan fingerprint density at radius 3 is 1.98 bits per heavy atom. The van der Waals surface area contributed by atoms with E-state index in [-0.39, 0.29) is 54.0 Å². The third-order valence-electron chi connectivity index (χ3n) is 14.1. The van der Waals surface area contributed by atoms with E-state index in [9.17, 15) is 14.0 Å². The van der Waals surface area contributed by atoms with Gasteiger partial charge in [0, 0.05) is 11.5 Å². The summed E-state index contributed by atoms with van der Waals surface area (Å²) in [4.78, 5) is 27.3. The number of methoxy groups -OCH3 is 1. The van der Waals surface area contributed by atoms with Crippen LogP contribution in [0.3, 0.4) is 0 Å². The van der Waals surface area contributed by atoms with Crippen LogP contribution in [-0.2, 0) is 34.1 Å². The van der Waals surface area contributed by atoms with Crippen molar-refractivity contribution in [1.29, 1.82) is 0 Å². The number of carbonyl (C=O) groups excluding carboxylic acids is 2. The number of ether oxygens (including phenoxy) is 6. The third kappa shape index (κ3) is 7.14. The smallest absolute Gasteiger partial charge is 0.350 e. The van der Waals surface area contributed by atoms with Crippen LogP contribution in [0.15, 0.2) is 121 Å². The van der Waals surface area contributed by atoms with Crippen molar-refractivity contribution in [2.75, 3.05) is 20.3 Å². The number of rotatable bonds is 12. The average Bonchev–Trinajstić information content (AvgIpc) is 3.84. The molecule has 0 amide bonds. The second kappa shape index (κ2) is 15.6. The summed E-state index contributed by atoms with van der Waals surface area (Å²) >= 11 is 0. The molecule has 2 saturated carbocycles. The van der Waals surface area contributed by atoms with Crippen molar-refractivity contribution < 1.29 is 42.4 Å². The number of cyclic esters (lactones) is 1. The second-order valence-electron chi connectivity index (χ2n) is 18.0. The van der Waals surface area contributed by atoms with Gasteiger partial charge in [0.2, 0.25) is 0 Å². The highest BCUT2D eigenvalue weighted by molar-refractivity contribution is 5.91. The monoisotopic (exact) mass is 802 g/mol. The van der Waals surface area contributed by atoms with Crippen LogP contribution in [-0.4, -0.2) is 55.7 Å². The van der Waals surface area contributed by atoms with Gasteiger partial charge in [-0.25, -0.2) is 14.0 Å². The molecule has 2 unspecified atom stereocenters. The summed E-state index contributed by atoms with van der Waals surface area (Å²) in [5, 5.41) is 0. The fraction of sp³-hybridized carbons (Fsp3) is 0.440. The standard InChI is InChI=1S/C50H55FO8/c1-46(2,58-38-23-22-36(51)30-40(38)54-6)45(53)57-43-25-27-47(3)41(24-28-49(5)42(47)31-39(59-49)37-26-29-55-44(37)52)48(43,4)32-56-50(33-16-10-7-11-17-33,34-18-12-8-13-19-34)35-20-14-9-15-21-35/h7-23,26,30,39,41-43H,24-25,27-29,31-32H2,1-6H3/t39?,41-,42?,43+,47+,48-,49+/m0/s1. The number of esters is 2. The zero-order valence-electron chi connectivity index (χ0n) is 34.9. The van der Waals surface area contributed by atoms with Gasteiger partial charge in [0.15, 0.2) is 17.1 Å². The van der Waals surface area contributed by atoms with E-state index in [2.05, 4.69) is 57.2 Å². The van der Waals surface area contributed by atoms with Crippen molar-refractivity contribution in [3.05, 3.63) is 143 Å². The van der Waals surface area contributed by atoms with Crippen LogP contribution in [0.1, 0.15) is 83.4 Å². The van der Waals surface area contributed by atoms with Crippen LogP contribution in [0.2, 0.25) is 0 Å². The van der Waals surface area contributed by atoms with Gasteiger partial charge in [-0.2, -0.15) is 0 Å². The molecule has 1 saturated heterocycles. The molecule has 0 bridgehead atoms. The largest absolute Gasteiger partial charge is 0.493 e. The van der Waals surface area contributed by atoms with Crippen LogP contribution >= 0.6 is 0 Å². The summed E-state index contributed by atoms with van der Waals surface area (Å²) in [6, 6.07) is 34.9. The minimum Gasteiger partial charge on any atom is -0.493 e. The average molecular weight is 803 g/mol. The van der Waals surface area contributed by atoms with Crippen LogP contribution in [0.4, 0.5) is 4.39 Å². The highest BCUT2D eigenvalue weighted by Gasteiger charge is 2.66. The van der Waals surface area contributed by atoms with Crippen molar-refractivity contribution in [1.82, 2.24) is 0 Å². The van der Waals surface area contributed by atoms with Gasteiger partial charge in [0.05, 0.1) is 31.0 Å². The Bertz CT molecular complexity index is 2090. The van der Waals surface area contributed by atoms with Crippen LogP contribution in [0.25, 0.3) is 0 Å². The molecule has 9 heteroatoms. The summed E-state index contributed by atoms with van der Waals surface area (Å²) in [6.07, 6.45) is 4.60. The predicted octanol–water partition coefficient (Wildman–Crippen LogP) is 9.78. The van der Waals surface area contributed by atoms with Gasteiger partial charge in [0.1, 0.15) is 24.1 Å². The van der Waals surface area contributed by atoms with E-state index in [1.54, 1.807) is 13.8 Å². The molecule has 8 nitrogen and oxygen atoms in total. The zero-order chi connectivity index (χ0) is 41.6. The fourth-order valence-electron chi connectivity index (χ4n) is 11.1. The van der Waals surface area contributed by atoms with Gasteiger partial charge in [-0.05, 0) is 105 Å². The Kier molecular flexibility index (Phi) is 10.8. The molecule has 4 aromatic carbocycles. The van der Waals surface area contributed by atoms with E-state index < -0.39 is 40.1 Å². The molecule has 0 radical (unpaired) electrons. The topological polar surface area (TPSA) is 89.5 Å². The number of hydrogen-bond acceptors (Lipinski definition) is 8. The number of carbonyl (C=O) groups is 2. The molecule has 0 aromatic heterocycles. The van der Waals surface area contributed by atoms with Gasteiger partial charge >= 0.3 is 11.9 Å². The van der Waals surface area contributed by atoms with E-state index in [0.717, 1.165) is 36.0 Å². The molecule has 4 aromatic rings. The van der Waals surface area contributed by atoms with Crippen LogP contribution < -0.4 is 9.47 Å². The van der Waals surface area contributed by atoms with E-state index in [0.29, 0.717) is 18.4 Å². The summed E-state index contributed by atoms with van der Waals surface area (Å²) in [7, 11) is 1.43. The maximum atomic E-state index is 14.5. The maximum Gasteiger partial charge on any atom is 0.350 e. The van der Waals surface area contributed by atoms with E-state index in [4.69, 9.17) is 28.4 Å². The zero-order valence-corrected chi connectivity index (χ0v) is 34.9. The first-order chi connectivity index (χ1) is 28.2. The van der Waals surface area contributed by atoms with Crippen LogP contribution in [0, 0.1) is 28.5 Å². The highest BCUT2D eigenvalue weighted by Crippen LogP contribution is 2.67. The Balaban J connectivity index is 1.19. The lowest BCUT2D eigenvalue weighted by molar-refractivity contribution is -0.225. The van der Waals surface area contributed by atoms with E-state index in [1.807, 2.05) is 60.7 Å². The molecule has 0 N–H and O–H groups in total.